The molecule has 0 fully saturated rings. The van der Waals surface area contributed by atoms with Gasteiger partial charge in [-0.2, -0.15) is 0 Å². The van der Waals surface area contributed by atoms with Crippen molar-refractivity contribution in [3.05, 3.63) is 42.0 Å². The van der Waals surface area contributed by atoms with Crippen molar-refractivity contribution < 1.29 is 9.53 Å². The van der Waals surface area contributed by atoms with Crippen LogP contribution >= 0.6 is 0 Å². The molecule has 63 valence electrons. The molecule has 0 spiro atoms. The van der Waals surface area contributed by atoms with Crippen LogP contribution in [0.5, 0.6) is 0 Å². The van der Waals surface area contributed by atoms with E-state index in [2.05, 4.69) is 11.8 Å². The van der Waals surface area contributed by atoms with E-state index in [4.69, 9.17) is 0 Å². The van der Waals surface area contributed by atoms with E-state index in [1.165, 1.54) is 0 Å². The molecule has 0 heterocycles. The van der Waals surface area contributed by atoms with Crippen molar-refractivity contribution in [2.24, 2.45) is 0 Å². The zero-order valence-corrected chi connectivity index (χ0v) is 7.26. The fourth-order valence-corrected chi connectivity index (χ4v) is 1.21. The van der Waals surface area contributed by atoms with Crippen molar-refractivity contribution in [3.8, 4) is 0 Å². The lowest BCUT2D eigenvalue weighted by Crippen LogP contribution is -2.04. The summed E-state index contributed by atoms with van der Waals surface area (Å²) in [4.78, 5) is 11.2. The Morgan fingerprint density at radius 2 is 1.83 bits per heavy atom. The van der Waals surface area contributed by atoms with Crippen LogP contribution in [0.4, 0.5) is 0 Å². The van der Waals surface area contributed by atoms with Gasteiger partial charge in [-0.15, -0.1) is 0 Å². The lowest BCUT2D eigenvalue weighted by atomic mass is 10.0. The molecule has 0 saturated heterocycles. The quantitative estimate of drug-likeness (QED) is 0.593. The first-order valence-electron chi connectivity index (χ1n) is 3.69. The van der Waals surface area contributed by atoms with E-state index in [9.17, 15) is 4.79 Å². The Hall–Kier alpha value is -1.31. The minimum absolute atomic E-state index is 0.370. The zero-order valence-electron chi connectivity index (χ0n) is 7.26. The van der Waals surface area contributed by atoms with Crippen LogP contribution < -0.4 is 0 Å². The fraction of sp³-hybridized carbons (Fsp3) is 0.200. The highest BCUT2D eigenvalue weighted by Crippen LogP contribution is 2.13. The molecule has 0 amide bonds. The van der Waals surface area contributed by atoms with E-state index in [1.807, 2.05) is 32.0 Å². The van der Waals surface area contributed by atoms with Gasteiger partial charge in [-0.25, -0.2) is 4.79 Å². The lowest BCUT2D eigenvalue weighted by molar-refractivity contribution is 0.0652. The molecule has 2 heteroatoms. The second-order valence-corrected chi connectivity index (χ2v) is 2.70. The normalized spacial score (nSPS) is 9.58. The average molecular weight is 163 g/mol. The van der Waals surface area contributed by atoms with Crippen LogP contribution in [0.1, 0.15) is 21.5 Å². The maximum atomic E-state index is 11.2. The summed E-state index contributed by atoms with van der Waals surface area (Å²) in [5.41, 5.74) is 2.46. The summed E-state index contributed by atoms with van der Waals surface area (Å²) in [6.45, 7) is 3.75. The summed E-state index contributed by atoms with van der Waals surface area (Å²) in [5, 5.41) is 0. The van der Waals surface area contributed by atoms with Crippen LogP contribution in [-0.4, -0.2) is 5.97 Å². The molecular formula is C10H11O2. The Morgan fingerprint density at radius 1 is 1.33 bits per heavy atom. The van der Waals surface area contributed by atoms with Crippen molar-refractivity contribution in [1.82, 2.24) is 0 Å². The summed E-state index contributed by atoms with van der Waals surface area (Å²) in [7, 11) is 3.09. The van der Waals surface area contributed by atoms with Crippen LogP contribution in [0, 0.1) is 21.0 Å². The summed E-state index contributed by atoms with van der Waals surface area (Å²) in [6, 6.07) is 5.66. The Labute approximate surface area is 72.2 Å². The van der Waals surface area contributed by atoms with E-state index in [1.54, 1.807) is 0 Å². The molecule has 1 rings (SSSR count). The van der Waals surface area contributed by atoms with E-state index < -0.39 is 0 Å². The molecule has 0 unspecified atom stereocenters. The van der Waals surface area contributed by atoms with Crippen molar-refractivity contribution in [1.29, 1.82) is 0 Å². The highest BCUT2D eigenvalue weighted by Gasteiger charge is 2.10. The third kappa shape index (κ3) is 1.47. The van der Waals surface area contributed by atoms with Crippen LogP contribution in [0.25, 0.3) is 0 Å². The number of hydrogen-bond donors (Lipinski definition) is 0. The van der Waals surface area contributed by atoms with Gasteiger partial charge in [0, 0.05) is 0 Å². The van der Waals surface area contributed by atoms with Crippen LogP contribution in [-0.2, 0) is 4.74 Å². The Morgan fingerprint density at radius 3 is 2.25 bits per heavy atom. The second kappa shape index (κ2) is 3.39. The van der Waals surface area contributed by atoms with Crippen molar-refractivity contribution in [2.75, 3.05) is 0 Å². The van der Waals surface area contributed by atoms with Gasteiger partial charge in [0.05, 0.1) is 5.56 Å². The SMILES string of the molecule is [CH2]OC(=O)c1c(C)cccc1C. The summed E-state index contributed by atoms with van der Waals surface area (Å²) >= 11 is 0. The Balaban J connectivity index is 3.21. The first-order chi connectivity index (χ1) is 5.66. The summed E-state index contributed by atoms with van der Waals surface area (Å²) < 4.78 is 4.41. The highest BCUT2D eigenvalue weighted by atomic mass is 16.5. The molecule has 1 aromatic rings. The number of carbonyl (C=O) groups is 1. The molecule has 0 aliphatic carbocycles. The predicted octanol–water partition coefficient (Wildman–Crippen LogP) is 2.25. The molecule has 0 aliphatic rings. The van der Waals surface area contributed by atoms with Gasteiger partial charge in [-0.05, 0) is 25.0 Å². The third-order valence-corrected chi connectivity index (χ3v) is 1.82. The first kappa shape index (κ1) is 8.78. The molecule has 0 saturated carbocycles. The van der Waals surface area contributed by atoms with Crippen LogP contribution in [0.3, 0.4) is 0 Å². The predicted molar refractivity (Wildman–Crippen MR) is 46.7 cm³/mol. The highest BCUT2D eigenvalue weighted by molar-refractivity contribution is 5.92. The lowest BCUT2D eigenvalue weighted by Gasteiger charge is -2.05. The van der Waals surface area contributed by atoms with Gasteiger partial charge in [0.2, 0.25) is 0 Å². The largest absolute Gasteiger partial charge is 0.458 e. The maximum absolute atomic E-state index is 11.2. The molecule has 0 N–H and O–H groups in total. The number of carbonyl (C=O) groups excluding carboxylic acids is 1. The van der Waals surface area contributed by atoms with E-state index in [-0.39, 0.29) is 5.97 Å². The van der Waals surface area contributed by atoms with Crippen LogP contribution in [0.15, 0.2) is 18.2 Å². The minimum Gasteiger partial charge on any atom is -0.458 e. The molecule has 1 aromatic carbocycles. The number of rotatable bonds is 1. The monoisotopic (exact) mass is 163 g/mol. The van der Waals surface area contributed by atoms with E-state index in [0.29, 0.717) is 5.56 Å². The number of aryl methyl sites for hydroxylation is 2. The second-order valence-electron chi connectivity index (χ2n) is 2.70. The van der Waals surface area contributed by atoms with E-state index in [0.717, 1.165) is 11.1 Å². The number of benzene rings is 1. The topological polar surface area (TPSA) is 26.3 Å². The summed E-state index contributed by atoms with van der Waals surface area (Å²) in [5.74, 6) is -0.370. The van der Waals surface area contributed by atoms with Gasteiger partial charge in [0.15, 0.2) is 0 Å². The number of esters is 1. The zero-order chi connectivity index (χ0) is 9.14. The molecule has 0 aromatic heterocycles. The van der Waals surface area contributed by atoms with E-state index >= 15 is 0 Å². The smallest absolute Gasteiger partial charge is 0.338 e. The van der Waals surface area contributed by atoms with Gasteiger partial charge in [-0.1, -0.05) is 18.2 Å². The maximum Gasteiger partial charge on any atom is 0.338 e. The van der Waals surface area contributed by atoms with Gasteiger partial charge in [0.1, 0.15) is 7.11 Å². The van der Waals surface area contributed by atoms with Crippen molar-refractivity contribution in [2.45, 2.75) is 13.8 Å². The van der Waals surface area contributed by atoms with Gasteiger partial charge >= 0.3 is 5.97 Å². The van der Waals surface area contributed by atoms with Gasteiger partial charge in [0.25, 0.3) is 0 Å². The number of hydrogen-bond acceptors (Lipinski definition) is 2. The number of ether oxygens (including phenoxy) is 1. The molecular weight excluding hydrogens is 152 g/mol. The Bertz CT molecular complexity index is 282. The van der Waals surface area contributed by atoms with Gasteiger partial charge in [-0.3, -0.25) is 0 Å². The third-order valence-electron chi connectivity index (χ3n) is 1.82. The minimum atomic E-state index is -0.370. The summed E-state index contributed by atoms with van der Waals surface area (Å²) in [6.07, 6.45) is 0. The first-order valence-corrected chi connectivity index (χ1v) is 3.69. The average Bonchev–Trinajstić information content (AvgIpc) is 2.03. The molecule has 0 atom stereocenters. The van der Waals surface area contributed by atoms with Gasteiger partial charge < -0.3 is 4.74 Å². The van der Waals surface area contributed by atoms with Crippen LogP contribution in [0.2, 0.25) is 0 Å². The Kier molecular flexibility index (Phi) is 2.48. The molecule has 0 bridgehead atoms. The molecule has 12 heavy (non-hydrogen) atoms. The van der Waals surface area contributed by atoms with Crippen molar-refractivity contribution >= 4 is 5.97 Å². The molecule has 0 aliphatic heterocycles. The van der Waals surface area contributed by atoms with Crippen molar-refractivity contribution in [3.63, 3.8) is 0 Å². The molecule has 1 radical (unpaired) electrons. The molecule has 2 nitrogen and oxygen atoms in total. The fourth-order valence-electron chi connectivity index (χ4n) is 1.21. The standard InChI is InChI=1S/C10H11O2/c1-7-5-4-6-8(2)9(7)10(11)12-3/h4-6H,3H2,1-2H3.